The Bertz CT molecular complexity index is 301. The zero-order valence-corrected chi connectivity index (χ0v) is 16.1. The second-order valence-electron chi connectivity index (χ2n) is 4.05. The fourth-order valence-electron chi connectivity index (χ4n) is 1.24. The molecule has 0 amide bonds. The molecule has 120 valence electrons. The van der Waals surface area contributed by atoms with Gasteiger partial charge in [-0.25, -0.2) is 0 Å². The summed E-state index contributed by atoms with van der Waals surface area (Å²) < 4.78 is 5.48. The van der Waals surface area contributed by atoms with Crippen molar-refractivity contribution in [1.82, 2.24) is 0 Å². The topological polar surface area (TPSA) is 35.2 Å². The van der Waals surface area contributed by atoms with E-state index >= 15 is 0 Å². The monoisotopic (exact) mass is 403 g/mol. The fraction of sp³-hybridized carbons (Fsp3) is 0.529. The Kier molecular flexibility index (Phi) is 26.4. The van der Waals surface area contributed by atoms with Crippen LogP contribution in [0.25, 0.3) is 0 Å². The molecule has 0 bridgehead atoms. The lowest BCUT2D eigenvalue weighted by Gasteiger charge is -2.08. The van der Waals surface area contributed by atoms with Crippen LogP contribution in [-0.2, 0) is 4.74 Å². The van der Waals surface area contributed by atoms with Gasteiger partial charge in [-0.15, -0.1) is 0 Å². The molecule has 0 aromatic carbocycles. The molecule has 0 aromatic rings. The minimum Gasteiger partial charge on any atom is -0.463 e. The summed E-state index contributed by atoms with van der Waals surface area (Å²) in [5, 5.41) is 0. The van der Waals surface area contributed by atoms with E-state index in [0.29, 0.717) is 5.76 Å². The minimum atomic E-state index is 0.614. The van der Waals surface area contributed by atoms with Gasteiger partial charge in [0.05, 0.1) is 5.76 Å². The average Bonchev–Trinajstić information content (AvgIpc) is 2.53. The second kappa shape index (κ2) is 21.8. The van der Waals surface area contributed by atoms with Crippen molar-refractivity contribution in [3.05, 3.63) is 49.0 Å². The Morgan fingerprint density at radius 2 is 1.67 bits per heavy atom. The molecule has 4 heteroatoms. The predicted molar refractivity (Wildman–Crippen MR) is 107 cm³/mol. The lowest BCUT2D eigenvalue weighted by atomic mass is 10.2. The molecule has 0 atom stereocenters. The molecule has 0 aliphatic rings. The molecule has 0 saturated carbocycles. The predicted octanol–water partition coefficient (Wildman–Crippen LogP) is 5.60. The van der Waals surface area contributed by atoms with Gasteiger partial charge in [-0.3, -0.25) is 0 Å². The van der Waals surface area contributed by atoms with Crippen LogP contribution in [0.5, 0.6) is 0 Å². The van der Waals surface area contributed by atoms with E-state index in [9.17, 15) is 0 Å². The van der Waals surface area contributed by atoms with Gasteiger partial charge in [-0.2, -0.15) is 22.4 Å². The summed E-state index contributed by atoms with van der Waals surface area (Å²) in [5.41, 5.74) is 11.0. The van der Waals surface area contributed by atoms with E-state index in [2.05, 4.69) is 32.4 Å². The maximum atomic E-state index is 5.48. The third-order valence-corrected chi connectivity index (χ3v) is 2.39. The van der Waals surface area contributed by atoms with Crippen LogP contribution in [0, 0.1) is 0 Å². The van der Waals surface area contributed by atoms with E-state index < -0.39 is 0 Å². The Morgan fingerprint density at radius 3 is 2.14 bits per heavy atom. The van der Waals surface area contributed by atoms with Crippen LogP contribution in [0.15, 0.2) is 49.0 Å². The summed E-state index contributed by atoms with van der Waals surface area (Å²) in [5.74, 6) is 1.38. The Hall–Kier alpha value is -0.485. The summed E-state index contributed by atoms with van der Waals surface area (Å²) >= 11 is 1.65. The zero-order valence-electron chi connectivity index (χ0n) is 14.0. The first-order chi connectivity index (χ1) is 10.1. The molecular weight excluding hydrogens is 372 g/mol. The summed E-state index contributed by atoms with van der Waals surface area (Å²) in [4.78, 5) is 0. The Morgan fingerprint density at radius 1 is 1.10 bits per heavy atom. The van der Waals surface area contributed by atoms with Crippen LogP contribution in [-0.4, -0.2) is 12.2 Å². The number of hydrogen-bond acceptors (Lipinski definition) is 2. The van der Waals surface area contributed by atoms with Gasteiger partial charge in [0.2, 0.25) is 0 Å². The van der Waals surface area contributed by atoms with Gasteiger partial charge in [0.25, 0.3) is 0 Å². The molecule has 0 aliphatic heterocycles. The maximum absolute atomic E-state index is 5.48. The number of rotatable bonds is 10. The molecule has 0 fully saturated rings. The van der Waals surface area contributed by atoms with Crippen molar-refractivity contribution in [3.63, 3.8) is 0 Å². The lowest BCUT2D eigenvalue weighted by molar-refractivity contribution is 0.304. The molecule has 0 aliphatic carbocycles. The number of hydrogen-bond donors (Lipinski definition) is 1. The molecule has 0 unspecified atom stereocenters. The summed E-state index contributed by atoms with van der Waals surface area (Å²) in [7, 11) is 0. The molecule has 21 heavy (non-hydrogen) atoms. The van der Waals surface area contributed by atoms with Crippen LogP contribution in [0.4, 0.5) is 0 Å². The van der Waals surface area contributed by atoms with Gasteiger partial charge in [-0.1, -0.05) is 58.6 Å². The molecule has 0 aromatic heterocycles. The van der Waals surface area contributed by atoms with Crippen LogP contribution >= 0.6 is 22.4 Å². The van der Waals surface area contributed by atoms with E-state index in [4.69, 9.17) is 10.5 Å². The quantitative estimate of drug-likeness (QED) is 0.169. The fourth-order valence-corrected chi connectivity index (χ4v) is 1.24. The van der Waals surface area contributed by atoms with Crippen molar-refractivity contribution in [1.29, 1.82) is 0 Å². The number of nitrogens with two attached hydrogens (primary N) is 1. The standard InChI is InChI=1S/C15H25NO.C2H6.BI/c1-5-13(2)10-11-15(4)17-14(3)9-7-6-8-12-16;2*1-2/h10-11H,2-9,12,16H2,1H3;1-2H3;/b11-10-;;. The number of unbranched alkanes of at least 4 members (excludes halogenated alkanes) is 2. The molecule has 0 saturated heterocycles. The molecule has 0 spiro atoms. The van der Waals surface area contributed by atoms with Crippen molar-refractivity contribution in [3.8, 4) is 0 Å². The van der Waals surface area contributed by atoms with E-state index in [1.807, 2.05) is 26.0 Å². The van der Waals surface area contributed by atoms with E-state index in [-0.39, 0.29) is 0 Å². The summed E-state index contributed by atoms with van der Waals surface area (Å²) in [6, 6.07) is 0. The summed E-state index contributed by atoms with van der Waals surface area (Å²) in [6.45, 7) is 18.4. The van der Waals surface area contributed by atoms with Crippen molar-refractivity contribution < 1.29 is 4.74 Å². The smallest absolute Gasteiger partial charge is 0.169 e. The van der Waals surface area contributed by atoms with Gasteiger partial charge < -0.3 is 10.5 Å². The lowest BCUT2D eigenvalue weighted by Crippen LogP contribution is -1.98. The molecular formula is C17H31BINO. The van der Waals surface area contributed by atoms with Crippen molar-refractivity contribution >= 4 is 28.1 Å². The van der Waals surface area contributed by atoms with Crippen molar-refractivity contribution in [2.24, 2.45) is 5.73 Å². The van der Waals surface area contributed by atoms with E-state index in [1.165, 1.54) is 0 Å². The third kappa shape index (κ3) is 21.9. The highest BCUT2D eigenvalue weighted by molar-refractivity contribution is 14.1. The highest BCUT2D eigenvalue weighted by Crippen LogP contribution is 2.13. The highest BCUT2D eigenvalue weighted by Gasteiger charge is 1.97. The SMILES string of the molecule is C=C(/C=C\C(=C)OC(=C)CCCCCN)CC.CC.[B]I. The molecule has 0 rings (SSSR count). The molecule has 2 radical (unpaired) electrons. The number of ether oxygens (including phenoxy) is 1. The third-order valence-electron chi connectivity index (χ3n) is 2.39. The van der Waals surface area contributed by atoms with Gasteiger partial charge in [0, 0.05) is 6.42 Å². The minimum absolute atomic E-state index is 0.614. The van der Waals surface area contributed by atoms with Gasteiger partial charge in [-0.05, 0) is 31.9 Å². The normalized spacial score (nSPS) is 9.00. The van der Waals surface area contributed by atoms with Crippen LogP contribution < -0.4 is 5.73 Å². The number of halogens is 1. The van der Waals surface area contributed by atoms with E-state index in [0.717, 1.165) is 50.0 Å². The van der Waals surface area contributed by atoms with Crippen LogP contribution in [0.1, 0.15) is 52.9 Å². The first-order valence-electron chi connectivity index (χ1n) is 7.42. The van der Waals surface area contributed by atoms with Crippen molar-refractivity contribution in [2.75, 3.05) is 6.54 Å². The molecule has 0 heterocycles. The summed E-state index contributed by atoms with van der Waals surface area (Å²) in [6.07, 6.45) is 8.79. The first-order valence-corrected chi connectivity index (χ1v) is 8.67. The zero-order chi connectivity index (χ0) is 17.1. The van der Waals surface area contributed by atoms with Crippen LogP contribution in [0.2, 0.25) is 0 Å². The van der Waals surface area contributed by atoms with Crippen molar-refractivity contribution in [2.45, 2.75) is 52.9 Å². The average molecular weight is 403 g/mol. The van der Waals surface area contributed by atoms with Crippen LogP contribution in [0.3, 0.4) is 0 Å². The van der Waals surface area contributed by atoms with Gasteiger partial charge in [0.15, 0.2) is 5.70 Å². The maximum Gasteiger partial charge on any atom is 0.169 e. The van der Waals surface area contributed by atoms with Gasteiger partial charge in [0.1, 0.15) is 5.76 Å². The van der Waals surface area contributed by atoms with E-state index in [1.54, 1.807) is 22.4 Å². The number of allylic oxidation sites excluding steroid dienone is 4. The highest BCUT2D eigenvalue weighted by atomic mass is 127. The molecule has 2 N–H and O–H groups in total. The second-order valence-corrected chi connectivity index (χ2v) is 4.05. The largest absolute Gasteiger partial charge is 0.463 e. The Balaban J connectivity index is -0.000000739. The van der Waals surface area contributed by atoms with Gasteiger partial charge >= 0.3 is 0 Å². The molecule has 2 nitrogen and oxygen atoms in total. The Labute approximate surface area is 146 Å². The first kappa shape index (κ1) is 25.5.